The number of carboxylic acid groups (broad SMARTS) is 1. The molecule has 2 N–H and O–H groups in total. The number of hydrogen-bond acceptors (Lipinski definition) is 5. The largest absolute Gasteiger partial charge is 0.486 e. The quantitative estimate of drug-likeness (QED) is 0.808. The minimum Gasteiger partial charge on any atom is -0.486 e. The molecule has 1 aromatic heterocycles. The van der Waals surface area contributed by atoms with Gasteiger partial charge >= 0.3 is 5.97 Å². The Balaban J connectivity index is 1.71. The molecular weight excluding hydrogens is 350 g/mol. The zero-order valence-corrected chi connectivity index (χ0v) is 15.6. The van der Waals surface area contributed by atoms with Crippen LogP contribution in [-0.2, 0) is 11.8 Å². The first-order chi connectivity index (χ1) is 12.8. The number of aryl methyl sites for hydroxylation is 1. The number of benzene rings is 1. The van der Waals surface area contributed by atoms with Gasteiger partial charge in [-0.15, -0.1) is 0 Å². The van der Waals surface area contributed by atoms with E-state index in [2.05, 4.69) is 5.32 Å². The Bertz CT molecular complexity index is 867. The molecule has 0 spiro atoms. The highest BCUT2D eigenvalue weighted by Gasteiger charge is 2.26. The molecule has 1 aliphatic heterocycles. The number of rotatable bonds is 6. The number of ether oxygens (including phenoxy) is 2. The van der Waals surface area contributed by atoms with Crippen molar-refractivity contribution in [2.75, 3.05) is 19.8 Å². The monoisotopic (exact) mass is 373 g/mol. The minimum absolute atomic E-state index is 0.00206. The predicted octanol–water partition coefficient (Wildman–Crippen LogP) is 3.02. The van der Waals surface area contributed by atoms with E-state index in [1.165, 1.54) is 6.07 Å². The lowest BCUT2D eigenvalue weighted by atomic mass is 9.84. The van der Waals surface area contributed by atoms with Crippen molar-refractivity contribution in [3.05, 3.63) is 46.9 Å². The Hall–Kier alpha value is -2.96. The molecule has 2 aromatic rings. The van der Waals surface area contributed by atoms with Crippen LogP contribution >= 0.6 is 0 Å². The predicted molar refractivity (Wildman–Crippen MR) is 97.8 cm³/mol. The molecule has 0 radical (unpaired) electrons. The molecular formula is C20H23NO6. The molecule has 144 valence electrons. The van der Waals surface area contributed by atoms with Crippen molar-refractivity contribution in [2.45, 2.75) is 32.6 Å². The first-order valence-corrected chi connectivity index (χ1v) is 8.86. The first kappa shape index (κ1) is 18.8. The summed E-state index contributed by atoms with van der Waals surface area (Å²) in [6.07, 6.45) is 0.400. The van der Waals surface area contributed by atoms with Gasteiger partial charge in [-0.05, 0) is 17.7 Å². The molecule has 1 amide bonds. The van der Waals surface area contributed by atoms with Crippen LogP contribution in [0.15, 0.2) is 28.7 Å². The van der Waals surface area contributed by atoms with E-state index in [1.54, 1.807) is 6.92 Å². The summed E-state index contributed by atoms with van der Waals surface area (Å²) in [5.41, 5.74) is 0.641. The van der Waals surface area contributed by atoms with Crippen molar-refractivity contribution < 1.29 is 28.6 Å². The van der Waals surface area contributed by atoms with Gasteiger partial charge in [-0.2, -0.15) is 0 Å². The first-order valence-electron chi connectivity index (χ1n) is 8.86. The van der Waals surface area contributed by atoms with Crippen molar-refractivity contribution in [3.8, 4) is 11.5 Å². The normalized spacial score (nSPS) is 13.3. The minimum atomic E-state index is -1.11. The van der Waals surface area contributed by atoms with Crippen molar-refractivity contribution in [2.24, 2.45) is 0 Å². The molecule has 0 saturated carbocycles. The van der Waals surface area contributed by atoms with Crippen LogP contribution in [-0.4, -0.2) is 36.7 Å². The number of fused-ring (bicyclic) bond motifs is 1. The molecule has 0 saturated heterocycles. The molecule has 7 nitrogen and oxygen atoms in total. The lowest BCUT2D eigenvalue weighted by molar-refractivity contribution is 0.0694. The summed E-state index contributed by atoms with van der Waals surface area (Å²) in [6, 6.07) is 7.01. The van der Waals surface area contributed by atoms with Crippen molar-refractivity contribution in [3.63, 3.8) is 0 Å². The smallest absolute Gasteiger partial charge is 0.339 e. The fraction of sp³-hybridized carbons (Fsp3) is 0.400. The highest BCUT2D eigenvalue weighted by molar-refractivity contribution is 5.96. The molecule has 1 aliphatic rings. The van der Waals surface area contributed by atoms with Gasteiger partial charge in [0.1, 0.15) is 24.5 Å². The fourth-order valence-corrected chi connectivity index (χ4v) is 2.94. The highest BCUT2D eigenvalue weighted by Crippen LogP contribution is 2.35. The van der Waals surface area contributed by atoms with E-state index in [1.807, 2.05) is 32.0 Å². The van der Waals surface area contributed by atoms with Crippen LogP contribution in [0.25, 0.3) is 0 Å². The maximum Gasteiger partial charge on any atom is 0.339 e. The number of furan rings is 1. The Morgan fingerprint density at radius 1 is 1.15 bits per heavy atom. The summed E-state index contributed by atoms with van der Waals surface area (Å²) in [6.45, 7) is 7.17. The summed E-state index contributed by atoms with van der Waals surface area (Å²) >= 11 is 0. The van der Waals surface area contributed by atoms with Crippen molar-refractivity contribution >= 4 is 11.9 Å². The highest BCUT2D eigenvalue weighted by atomic mass is 16.6. The molecule has 0 aliphatic carbocycles. The average molecular weight is 373 g/mol. The van der Waals surface area contributed by atoms with Crippen molar-refractivity contribution in [1.29, 1.82) is 0 Å². The van der Waals surface area contributed by atoms with E-state index in [4.69, 9.17) is 13.9 Å². The third-order valence-electron chi connectivity index (χ3n) is 4.60. The van der Waals surface area contributed by atoms with Gasteiger partial charge in [-0.3, -0.25) is 4.79 Å². The number of nitrogens with one attached hydrogen (secondary N) is 1. The lowest BCUT2D eigenvalue weighted by Gasteiger charge is -2.27. The third-order valence-corrected chi connectivity index (χ3v) is 4.60. The van der Waals surface area contributed by atoms with Gasteiger partial charge in [-0.1, -0.05) is 26.8 Å². The lowest BCUT2D eigenvalue weighted by Crippen LogP contribution is -2.36. The Morgan fingerprint density at radius 2 is 1.85 bits per heavy atom. The van der Waals surface area contributed by atoms with Gasteiger partial charge in [0.25, 0.3) is 5.91 Å². The number of carbonyl (C=O) groups excluding carboxylic acids is 1. The molecule has 1 aromatic carbocycles. The van der Waals surface area contributed by atoms with Crippen LogP contribution < -0.4 is 14.8 Å². The molecule has 3 rings (SSSR count). The van der Waals surface area contributed by atoms with E-state index in [0.717, 1.165) is 5.56 Å². The summed E-state index contributed by atoms with van der Waals surface area (Å²) in [4.78, 5) is 23.6. The van der Waals surface area contributed by atoms with E-state index in [9.17, 15) is 14.7 Å². The Morgan fingerprint density at radius 3 is 2.48 bits per heavy atom. The topological polar surface area (TPSA) is 98.0 Å². The van der Waals surface area contributed by atoms with E-state index in [-0.39, 0.29) is 16.7 Å². The Labute approximate surface area is 157 Å². The van der Waals surface area contributed by atoms with Gasteiger partial charge in [-0.25, -0.2) is 4.79 Å². The molecule has 0 fully saturated rings. The van der Waals surface area contributed by atoms with E-state index in [0.29, 0.717) is 43.4 Å². The zero-order valence-electron chi connectivity index (χ0n) is 15.6. The van der Waals surface area contributed by atoms with Crippen LogP contribution in [0.5, 0.6) is 11.5 Å². The van der Waals surface area contributed by atoms with Gasteiger partial charge in [0.05, 0.1) is 0 Å². The van der Waals surface area contributed by atoms with Gasteiger partial charge < -0.3 is 24.3 Å². The number of carbonyl (C=O) groups is 2. The Kier molecular flexibility index (Phi) is 5.12. The number of hydrogen-bond donors (Lipinski definition) is 2. The summed E-state index contributed by atoms with van der Waals surface area (Å²) in [7, 11) is 0. The van der Waals surface area contributed by atoms with E-state index < -0.39 is 11.9 Å². The van der Waals surface area contributed by atoms with Gasteiger partial charge in [0.15, 0.2) is 17.3 Å². The van der Waals surface area contributed by atoms with Crippen LogP contribution in [0.3, 0.4) is 0 Å². The molecule has 0 unspecified atom stereocenters. The number of aromatic carboxylic acids is 1. The van der Waals surface area contributed by atoms with Gasteiger partial charge in [0, 0.05) is 24.4 Å². The second kappa shape index (κ2) is 7.34. The second-order valence-corrected chi connectivity index (χ2v) is 7.03. The summed E-state index contributed by atoms with van der Waals surface area (Å²) < 4.78 is 16.6. The van der Waals surface area contributed by atoms with Gasteiger partial charge in [0.2, 0.25) is 0 Å². The van der Waals surface area contributed by atoms with Crippen molar-refractivity contribution in [1.82, 2.24) is 5.32 Å². The SMILES string of the molecule is CCc1oc(C(=O)NCC(C)(C)c2ccc3c(c2)OCCO3)cc1C(=O)O. The number of amides is 1. The van der Waals surface area contributed by atoms with Crippen LogP contribution in [0.4, 0.5) is 0 Å². The zero-order chi connectivity index (χ0) is 19.6. The summed E-state index contributed by atoms with van der Waals surface area (Å²) in [5, 5.41) is 12.0. The molecule has 27 heavy (non-hydrogen) atoms. The molecule has 7 heteroatoms. The van der Waals surface area contributed by atoms with Crippen LogP contribution in [0.1, 0.15) is 53.0 Å². The molecule has 0 bridgehead atoms. The maximum atomic E-state index is 12.4. The van der Waals surface area contributed by atoms with E-state index >= 15 is 0 Å². The molecule has 2 heterocycles. The number of carboxylic acids is 1. The second-order valence-electron chi connectivity index (χ2n) is 7.03. The average Bonchev–Trinajstić information content (AvgIpc) is 3.10. The maximum absolute atomic E-state index is 12.4. The summed E-state index contributed by atoms with van der Waals surface area (Å²) in [5.74, 6) is 0.159. The van der Waals surface area contributed by atoms with Crippen LogP contribution in [0, 0.1) is 0 Å². The molecule has 0 atom stereocenters. The van der Waals surface area contributed by atoms with Crippen LogP contribution in [0.2, 0.25) is 0 Å². The fourth-order valence-electron chi connectivity index (χ4n) is 2.94. The standard InChI is InChI=1S/C20H23NO6/c1-4-14-13(19(23)24)10-17(27-14)18(22)21-11-20(2,3)12-5-6-15-16(9-12)26-8-7-25-15/h5-6,9-10H,4,7-8,11H2,1-3H3,(H,21,22)(H,23,24). The third kappa shape index (κ3) is 3.92.